The van der Waals surface area contributed by atoms with E-state index in [1.807, 2.05) is 49.1 Å². The van der Waals surface area contributed by atoms with Crippen molar-refractivity contribution in [1.82, 2.24) is 0 Å². The van der Waals surface area contributed by atoms with E-state index in [4.69, 9.17) is 10.7 Å². The van der Waals surface area contributed by atoms with Crippen molar-refractivity contribution in [3.63, 3.8) is 0 Å². The minimum Gasteiger partial charge on any atom is -0.377 e. The predicted octanol–water partition coefficient (Wildman–Crippen LogP) is 2.46. The van der Waals surface area contributed by atoms with Crippen LogP contribution < -0.4 is 9.47 Å². The van der Waals surface area contributed by atoms with Gasteiger partial charge in [0.25, 0.3) is 11.5 Å². The van der Waals surface area contributed by atoms with Gasteiger partial charge in [-0.25, -0.2) is 0 Å². The zero-order valence-electron chi connectivity index (χ0n) is 13.5. The minimum absolute atomic E-state index is 0.0153. The number of pyridine rings is 1. The quantitative estimate of drug-likeness (QED) is 0.230. The summed E-state index contributed by atoms with van der Waals surface area (Å²) in [6, 6.07) is 14.4. The third kappa shape index (κ3) is 3.83. The van der Waals surface area contributed by atoms with E-state index in [0.29, 0.717) is 5.56 Å². The molecule has 0 atom stereocenters. The normalized spacial score (nSPS) is 10.5. The lowest BCUT2D eigenvalue weighted by Gasteiger charge is -2.10. The standard InChI is InChI=1S/C19H17N4O/c1-22(2)17-8-10-23(11-9-17)18(12-15(13-20)14-21)19(24)16-6-4-3-5-7-16/h3-12,20H,1-2H3/q+1. The first-order valence-corrected chi connectivity index (χ1v) is 7.27. The lowest BCUT2D eigenvalue weighted by molar-refractivity contribution is -0.576. The molecule has 0 spiro atoms. The van der Waals surface area contributed by atoms with Crippen molar-refractivity contribution < 1.29 is 9.36 Å². The van der Waals surface area contributed by atoms with Crippen molar-refractivity contribution in [2.75, 3.05) is 19.0 Å². The number of carbonyl (C=O) groups excluding carboxylic acids is 1. The number of nitrogens with zero attached hydrogens (tertiary/aromatic N) is 3. The van der Waals surface area contributed by atoms with Crippen molar-refractivity contribution in [2.24, 2.45) is 0 Å². The molecule has 0 saturated heterocycles. The molecule has 1 heterocycles. The van der Waals surface area contributed by atoms with E-state index >= 15 is 0 Å². The number of nitriles is 1. The lowest BCUT2D eigenvalue weighted by atomic mass is 10.1. The largest absolute Gasteiger partial charge is 0.377 e. The Balaban J connectivity index is 2.54. The summed E-state index contributed by atoms with van der Waals surface area (Å²) in [5.41, 5.74) is 1.76. The van der Waals surface area contributed by atoms with Gasteiger partial charge in [0, 0.05) is 43.6 Å². The van der Waals surface area contributed by atoms with E-state index < -0.39 is 0 Å². The zero-order valence-corrected chi connectivity index (χ0v) is 13.5. The summed E-state index contributed by atoms with van der Waals surface area (Å²) in [6.45, 7) is 0. The number of allylic oxidation sites excluding steroid dienone is 3. The summed E-state index contributed by atoms with van der Waals surface area (Å²) in [5, 5.41) is 16.2. The van der Waals surface area contributed by atoms with Crippen molar-refractivity contribution in [3.8, 4) is 6.07 Å². The van der Waals surface area contributed by atoms with Gasteiger partial charge in [-0.2, -0.15) is 9.83 Å². The van der Waals surface area contributed by atoms with E-state index in [1.165, 1.54) is 6.08 Å². The molecule has 1 aromatic carbocycles. The van der Waals surface area contributed by atoms with Crippen LogP contribution in [0.2, 0.25) is 0 Å². The molecule has 24 heavy (non-hydrogen) atoms. The van der Waals surface area contributed by atoms with Gasteiger partial charge in [-0.15, -0.1) is 0 Å². The first-order chi connectivity index (χ1) is 11.6. The van der Waals surface area contributed by atoms with Gasteiger partial charge in [0.2, 0.25) is 0 Å². The van der Waals surface area contributed by atoms with Gasteiger partial charge in [-0.05, 0) is 5.87 Å². The summed E-state index contributed by atoms with van der Waals surface area (Å²) >= 11 is 0. The molecule has 5 nitrogen and oxygen atoms in total. The van der Waals surface area contributed by atoms with Crippen LogP contribution in [-0.2, 0) is 0 Å². The zero-order chi connectivity index (χ0) is 17.5. The smallest absolute Gasteiger partial charge is 0.260 e. The van der Waals surface area contributed by atoms with Crippen molar-refractivity contribution in [2.45, 2.75) is 0 Å². The molecule has 0 saturated carbocycles. The molecule has 0 amide bonds. The molecule has 0 bridgehead atoms. The molecule has 1 aromatic heterocycles. The van der Waals surface area contributed by atoms with Crippen LogP contribution in [0.3, 0.4) is 0 Å². The topological polar surface area (TPSA) is 71.8 Å². The first-order valence-electron chi connectivity index (χ1n) is 7.27. The van der Waals surface area contributed by atoms with Gasteiger partial charge in [0.15, 0.2) is 12.4 Å². The highest BCUT2D eigenvalue weighted by Gasteiger charge is 2.22. The van der Waals surface area contributed by atoms with Crippen LogP contribution >= 0.6 is 0 Å². The third-order valence-electron chi connectivity index (χ3n) is 3.41. The second kappa shape index (κ2) is 7.68. The molecule has 118 valence electrons. The third-order valence-corrected chi connectivity index (χ3v) is 3.41. The van der Waals surface area contributed by atoms with E-state index in [9.17, 15) is 4.79 Å². The maximum absolute atomic E-state index is 12.8. The van der Waals surface area contributed by atoms with Gasteiger partial charge < -0.3 is 4.90 Å². The van der Waals surface area contributed by atoms with Crippen molar-refractivity contribution in [1.29, 1.82) is 10.7 Å². The number of hydrogen-bond acceptors (Lipinski definition) is 4. The number of rotatable bonds is 5. The summed E-state index contributed by atoms with van der Waals surface area (Å²) in [5.74, 6) is 1.81. The van der Waals surface area contributed by atoms with Crippen LogP contribution in [0.5, 0.6) is 0 Å². The molecule has 5 heteroatoms. The Hall–Kier alpha value is -3.48. The minimum atomic E-state index is -0.235. The van der Waals surface area contributed by atoms with Gasteiger partial charge in [-0.1, -0.05) is 30.3 Å². The highest BCUT2D eigenvalue weighted by atomic mass is 16.1. The number of benzene rings is 1. The Morgan fingerprint density at radius 3 is 2.29 bits per heavy atom. The second-order valence-corrected chi connectivity index (χ2v) is 5.23. The van der Waals surface area contributed by atoms with E-state index in [-0.39, 0.29) is 17.1 Å². The molecule has 0 aliphatic heterocycles. The Morgan fingerprint density at radius 2 is 1.79 bits per heavy atom. The molecule has 0 aliphatic carbocycles. The highest BCUT2D eigenvalue weighted by molar-refractivity contribution is 6.22. The molecular weight excluding hydrogens is 300 g/mol. The number of Topliss-reactive ketones (excluding diaryl/α,β-unsaturated/α-hetero) is 1. The number of carbonyl (C=O) groups is 1. The van der Waals surface area contributed by atoms with Crippen molar-refractivity contribution in [3.05, 3.63) is 72.1 Å². The fourth-order valence-corrected chi connectivity index (χ4v) is 2.11. The van der Waals surface area contributed by atoms with Gasteiger partial charge >= 0.3 is 0 Å². The average molecular weight is 317 g/mol. The molecule has 2 aromatic rings. The van der Waals surface area contributed by atoms with Gasteiger partial charge in [-0.3, -0.25) is 10.2 Å². The van der Waals surface area contributed by atoms with Crippen molar-refractivity contribution >= 4 is 23.0 Å². The SMILES string of the molecule is CN(C)c1cc[n+](C(=CC(=C=N)C#N)C(=O)c2ccccc2)cc1. The van der Waals surface area contributed by atoms with E-state index in [2.05, 4.69) is 0 Å². The van der Waals surface area contributed by atoms with E-state index in [1.54, 1.807) is 41.2 Å². The summed E-state index contributed by atoms with van der Waals surface area (Å²) in [7, 11) is 3.86. The second-order valence-electron chi connectivity index (χ2n) is 5.23. The van der Waals surface area contributed by atoms with Crippen LogP contribution in [-0.4, -0.2) is 25.7 Å². The highest BCUT2D eigenvalue weighted by Crippen LogP contribution is 2.12. The summed E-state index contributed by atoms with van der Waals surface area (Å²) in [6.07, 6.45) is 4.87. The lowest BCUT2D eigenvalue weighted by Crippen LogP contribution is -2.36. The number of aromatic nitrogens is 1. The average Bonchev–Trinajstić information content (AvgIpc) is 2.63. The monoisotopic (exact) mass is 317 g/mol. The summed E-state index contributed by atoms with van der Waals surface area (Å²) < 4.78 is 1.64. The van der Waals surface area contributed by atoms with Crippen LogP contribution in [0.15, 0.2) is 66.5 Å². The van der Waals surface area contributed by atoms with Crippen LogP contribution in [0.1, 0.15) is 10.4 Å². The van der Waals surface area contributed by atoms with Gasteiger partial charge in [0.1, 0.15) is 11.6 Å². The molecule has 0 aliphatic rings. The first kappa shape index (κ1) is 16.9. The number of hydrogen-bond donors (Lipinski definition) is 1. The molecule has 0 radical (unpaired) electrons. The molecule has 0 unspecified atom stereocenters. The van der Waals surface area contributed by atoms with Crippen LogP contribution in [0, 0.1) is 16.7 Å². The molecular formula is C19H17N4O+. The molecule has 0 fully saturated rings. The fourth-order valence-electron chi connectivity index (χ4n) is 2.11. The number of nitrogens with one attached hydrogen (secondary N) is 1. The fraction of sp³-hybridized carbons (Fsp3) is 0.105. The molecule has 2 rings (SSSR count). The maximum Gasteiger partial charge on any atom is 0.260 e. The number of ketones is 1. The summed E-state index contributed by atoms with van der Waals surface area (Å²) in [4.78, 5) is 14.8. The number of anilines is 1. The van der Waals surface area contributed by atoms with Gasteiger partial charge in [0.05, 0.1) is 0 Å². The Kier molecular flexibility index (Phi) is 5.40. The Morgan fingerprint density at radius 1 is 1.17 bits per heavy atom. The van der Waals surface area contributed by atoms with Crippen LogP contribution in [0.25, 0.3) is 5.70 Å². The Bertz CT molecular complexity index is 852. The van der Waals surface area contributed by atoms with E-state index in [0.717, 1.165) is 5.69 Å². The molecule has 1 N–H and O–H groups in total. The van der Waals surface area contributed by atoms with Crippen LogP contribution in [0.4, 0.5) is 5.69 Å². The Labute approximate surface area is 140 Å². The predicted molar refractivity (Wildman–Crippen MR) is 92.9 cm³/mol. The maximum atomic E-state index is 12.8.